The fraction of sp³-hybridized carbons (Fsp3) is 0.467. The molecule has 5 heteroatoms. The van der Waals surface area contributed by atoms with Crippen molar-refractivity contribution in [2.45, 2.75) is 39.3 Å². The quantitative estimate of drug-likeness (QED) is 0.861. The van der Waals surface area contributed by atoms with Crippen molar-refractivity contribution in [3.05, 3.63) is 47.4 Å². The van der Waals surface area contributed by atoms with Crippen LogP contribution in [0.15, 0.2) is 28.8 Å². The minimum Gasteiger partial charge on any atom is -0.338 e. The first kappa shape index (κ1) is 14.7. The summed E-state index contributed by atoms with van der Waals surface area (Å²) in [6.07, 6.45) is 0. The molecule has 0 fully saturated rings. The predicted molar refractivity (Wildman–Crippen MR) is 74.6 cm³/mol. The van der Waals surface area contributed by atoms with Crippen LogP contribution in [0, 0.1) is 5.82 Å². The first-order valence-corrected chi connectivity index (χ1v) is 6.60. The molecule has 0 aliphatic rings. The van der Waals surface area contributed by atoms with Crippen LogP contribution in [0.25, 0.3) is 0 Å². The minimum absolute atomic E-state index is 0.114. The number of halogens is 1. The second kappa shape index (κ2) is 5.71. The highest BCUT2D eigenvalue weighted by atomic mass is 19.1. The van der Waals surface area contributed by atoms with E-state index in [9.17, 15) is 4.39 Å². The first-order valence-electron chi connectivity index (χ1n) is 6.60. The Morgan fingerprint density at radius 1 is 1.15 bits per heavy atom. The van der Waals surface area contributed by atoms with Gasteiger partial charge in [0.2, 0.25) is 5.89 Å². The van der Waals surface area contributed by atoms with Gasteiger partial charge < -0.3 is 4.52 Å². The molecule has 108 valence electrons. The fourth-order valence-corrected chi connectivity index (χ4v) is 1.81. The highest BCUT2D eigenvalue weighted by molar-refractivity contribution is 5.15. The van der Waals surface area contributed by atoms with Crippen LogP contribution >= 0.6 is 0 Å². The van der Waals surface area contributed by atoms with Gasteiger partial charge in [0.15, 0.2) is 5.82 Å². The largest absolute Gasteiger partial charge is 0.338 e. The van der Waals surface area contributed by atoms with Gasteiger partial charge in [0, 0.05) is 12.0 Å². The highest BCUT2D eigenvalue weighted by Gasteiger charge is 2.21. The average Bonchev–Trinajstić information content (AvgIpc) is 2.80. The van der Waals surface area contributed by atoms with Crippen LogP contribution in [0.1, 0.15) is 38.0 Å². The number of hydrogen-bond donors (Lipinski definition) is 0. The second-order valence-electron chi connectivity index (χ2n) is 6.06. The van der Waals surface area contributed by atoms with Gasteiger partial charge in [-0.1, -0.05) is 38.1 Å². The van der Waals surface area contributed by atoms with Gasteiger partial charge in [-0.15, -0.1) is 0 Å². The van der Waals surface area contributed by atoms with Crippen LogP contribution in [-0.2, 0) is 18.5 Å². The summed E-state index contributed by atoms with van der Waals surface area (Å²) < 4.78 is 18.1. The van der Waals surface area contributed by atoms with Crippen LogP contribution in [0.5, 0.6) is 0 Å². The van der Waals surface area contributed by atoms with E-state index in [4.69, 9.17) is 4.52 Å². The molecule has 0 N–H and O–H groups in total. The molecule has 0 amide bonds. The van der Waals surface area contributed by atoms with Gasteiger partial charge in [-0.25, -0.2) is 4.39 Å². The zero-order valence-electron chi connectivity index (χ0n) is 12.4. The lowest BCUT2D eigenvalue weighted by atomic mass is 9.96. The normalized spacial score (nSPS) is 12.1. The molecule has 0 unspecified atom stereocenters. The molecular weight excluding hydrogens is 257 g/mol. The van der Waals surface area contributed by atoms with Crippen LogP contribution in [0.2, 0.25) is 0 Å². The Balaban J connectivity index is 1.96. The third-order valence-electron chi connectivity index (χ3n) is 2.91. The standard InChI is InChI=1S/C15H20FN3O/c1-15(2,3)14-17-13(20-18-14)10-19(4)9-11-5-7-12(16)8-6-11/h5-8H,9-10H2,1-4H3. The van der Waals surface area contributed by atoms with Gasteiger partial charge in [-0.2, -0.15) is 4.98 Å². The summed E-state index contributed by atoms with van der Waals surface area (Å²) in [5, 5.41) is 4.00. The number of rotatable bonds is 4. The lowest BCUT2D eigenvalue weighted by Crippen LogP contribution is -2.18. The van der Waals surface area contributed by atoms with E-state index >= 15 is 0 Å². The Labute approximate surface area is 118 Å². The van der Waals surface area contributed by atoms with Gasteiger partial charge in [0.05, 0.1) is 6.54 Å². The SMILES string of the molecule is CN(Cc1ccc(F)cc1)Cc1nc(C(C)(C)C)no1. The van der Waals surface area contributed by atoms with E-state index < -0.39 is 0 Å². The Kier molecular flexibility index (Phi) is 4.18. The molecule has 2 rings (SSSR count). The molecule has 0 aliphatic carbocycles. The number of hydrogen-bond acceptors (Lipinski definition) is 4. The van der Waals surface area contributed by atoms with Crippen LogP contribution in [0.3, 0.4) is 0 Å². The smallest absolute Gasteiger partial charge is 0.240 e. The Morgan fingerprint density at radius 2 is 1.80 bits per heavy atom. The molecule has 0 spiro atoms. The first-order chi connectivity index (χ1) is 9.34. The fourth-order valence-electron chi connectivity index (χ4n) is 1.81. The van der Waals surface area contributed by atoms with E-state index in [2.05, 4.69) is 10.1 Å². The van der Waals surface area contributed by atoms with Crippen LogP contribution < -0.4 is 0 Å². The van der Waals surface area contributed by atoms with Crippen molar-refractivity contribution in [2.75, 3.05) is 7.05 Å². The molecule has 0 saturated heterocycles. The molecule has 0 aliphatic heterocycles. The minimum atomic E-state index is -0.219. The summed E-state index contributed by atoms with van der Waals surface area (Å²) in [6.45, 7) is 7.41. The molecule has 0 saturated carbocycles. The molecule has 0 radical (unpaired) electrons. The van der Waals surface area contributed by atoms with Crippen molar-refractivity contribution < 1.29 is 8.91 Å². The third kappa shape index (κ3) is 3.87. The lowest BCUT2D eigenvalue weighted by molar-refractivity contribution is 0.259. The van der Waals surface area contributed by atoms with Crippen molar-refractivity contribution in [3.63, 3.8) is 0 Å². The number of aromatic nitrogens is 2. The molecule has 1 heterocycles. The van der Waals surface area contributed by atoms with E-state index in [1.807, 2.05) is 32.7 Å². The van der Waals surface area contributed by atoms with Crippen molar-refractivity contribution >= 4 is 0 Å². The van der Waals surface area contributed by atoms with Gasteiger partial charge in [-0.3, -0.25) is 4.90 Å². The van der Waals surface area contributed by atoms with Crippen molar-refractivity contribution in [1.29, 1.82) is 0 Å². The maximum absolute atomic E-state index is 12.8. The molecule has 1 aromatic carbocycles. The molecule has 2 aromatic rings. The van der Waals surface area contributed by atoms with E-state index in [0.717, 1.165) is 5.56 Å². The van der Waals surface area contributed by atoms with Gasteiger partial charge in [-0.05, 0) is 24.7 Å². The van der Waals surface area contributed by atoms with Gasteiger partial charge in [0.1, 0.15) is 5.82 Å². The predicted octanol–water partition coefficient (Wildman–Crippen LogP) is 3.14. The number of nitrogens with zero attached hydrogens (tertiary/aromatic N) is 3. The maximum Gasteiger partial charge on any atom is 0.240 e. The zero-order chi connectivity index (χ0) is 14.8. The average molecular weight is 277 g/mol. The Morgan fingerprint density at radius 3 is 2.35 bits per heavy atom. The monoisotopic (exact) mass is 277 g/mol. The summed E-state index contributed by atoms with van der Waals surface area (Å²) in [5.74, 6) is 1.09. The van der Waals surface area contributed by atoms with E-state index in [1.165, 1.54) is 12.1 Å². The summed E-state index contributed by atoms with van der Waals surface area (Å²) in [6, 6.07) is 6.49. The molecule has 4 nitrogen and oxygen atoms in total. The zero-order valence-corrected chi connectivity index (χ0v) is 12.4. The topological polar surface area (TPSA) is 42.2 Å². The van der Waals surface area contributed by atoms with Crippen molar-refractivity contribution in [1.82, 2.24) is 15.0 Å². The van der Waals surface area contributed by atoms with E-state index in [1.54, 1.807) is 12.1 Å². The summed E-state index contributed by atoms with van der Waals surface area (Å²) in [4.78, 5) is 6.45. The van der Waals surface area contributed by atoms with Crippen molar-refractivity contribution in [2.24, 2.45) is 0 Å². The second-order valence-corrected chi connectivity index (χ2v) is 6.06. The summed E-state index contributed by atoms with van der Waals surface area (Å²) in [7, 11) is 1.96. The maximum atomic E-state index is 12.8. The molecular formula is C15H20FN3O. The van der Waals surface area contributed by atoms with Crippen molar-refractivity contribution in [3.8, 4) is 0 Å². The van der Waals surface area contributed by atoms with Gasteiger partial charge >= 0.3 is 0 Å². The Hall–Kier alpha value is -1.75. The molecule has 20 heavy (non-hydrogen) atoms. The lowest BCUT2D eigenvalue weighted by Gasteiger charge is -2.14. The number of benzene rings is 1. The molecule has 1 aromatic heterocycles. The third-order valence-corrected chi connectivity index (χ3v) is 2.91. The Bertz CT molecular complexity index is 557. The highest BCUT2D eigenvalue weighted by Crippen LogP contribution is 2.19. The van der Waals surface area contributed by atoms with Crippen LogP contribution in [0.4, 0.5) is 4.39 Å². The molecule has 0 atom stereocenters. The van der Waals surface area contributed by atoms with Crippen LogP contribution in [-0.4, -0.2) is 22.1 Å². The van der Waals surface area contributed by atoms with Gasteiger partial charge in [0.25, 0.3) is 0 Å². The summed E-state index contributed by atoms with van der Waals surface area (Å²) in [5.41, 5.74) is 0.932. The molecule has 0 bridgehead atoms. The van der Waals surface area contributed by atoms with E-state index in [-0.39, 0.29) is 11.2 Å². The van der Waals surface area contributed by atoms with E-state index in [0.29, 0.717) is 24.8 Å². The summed E-state index contributed by atoms with van der Waals surface area (Å²) >= 11 is 0.